The van der Waals surface area contributed by atoms with Crippen molar-refractivity contribution >= 4 is 11.5 Å². The molecule has 0 heterocycles. The van der Waals surface area contributed by atoms with Gasteiger partial charge in [0.1, 0.15) is 5.82 Å². The number of ether oxygens (including phenoxy) is 1. The Balaban J connectivity index is 3.04. The molecule has 0 aliphatic carbocycles. The Morgan fingerprint density at radius 1 is 1.56 bits per heavy atom. The summed E-state index contributed by atoms with van der Waals surface area (Å²) in [6.07, 6.45) is -0.802. The second-order valence-electron chi connectivity index (χ2n) is 3.24. The monoisotopic (exact) mass is 227 g/mol. The predicted octanol–water partition coefficient (Wildman–Crippen LogP) is 2.09. The van der Waals surface area contributed by atoms with Crippen LogP contribution in [0.25, 0.3) is 0 Å². The number of nitro groups is 1. The number of ketones is 1. The molecule has 16 heavy (non-hydrogen) atoms. The first kappa shape index (κ1) is 12.1. The first-order valence-electron chi connectivity index (χ1n) is 4.53. The van der Waals surface area contributed by atoms with Gasteiger partial charge in [-0.15, -0.1) is 0 Å². The molecule has 1 aromatic rings. The zero-order valence-electron chi connectivity index (χ0n) is 8.77. The summed E-state index contributed by atoms with van der Waals surface area (Å²) in [5, 5.41) is 10.6. The minimum absolute atomic E-state index is 0.117. The van der Waals surface area contributed by atoms with Crippen LogP contribution in [-0.4, -0.2) is 16.8 Å². The van der Waals surface area contributed by atoms with Crippen molar-refractivity contribution in [3.63, 3.8) is 0 Å². The van der Waals surface area contributed by atoms with E-state index in [1.165, 1.54) is 13.8 Å². The van der Waals surface area contributed by atoms with Crippen molar-refractivity contribution in [2.45, 2.75) is 20.0 Å². The molecule has 0 aliphatic rings. The van der Waals surface area contributed by atoms with Gasteiger partial charge in [0, 0.05) is 0 Å². The van der Waals surface area contributed by atoms with E-state index in [4.69, 9.17) is 4.74 Å². The molecule has 0 bridgehead atoms. The van der Waals surface area contributed by atoms with Gasteiger partial charge in [-0.2, -0.15) is 0 Å². The number of nitro benzene ring substituents is 1. The Kier molecular flexibility index (Phi) is 3.55. The first-order chi connectivity index (χ1) is 7.41. The molecule has 0 saturated carbocycles. The van der Waals surface area contributed by atoms with E-state index in [2.05, 4.69) is 0 Å². The predicted molar refractivity (Wildman–Crippen MR) is 53.8 cm³/mol. The maximum absolute atomic E-state index is 12.8. The number of hydrogen-bond acceptors (Lipinski definition) is 4. The van der Waals surface area contributed by atoms with Crippen molar-refractivity contribution in [1.29, 1.82) is 0 Å². The number of carbonyl (C=O) groups is 1. The largest absolute Gasteiger partial charge is 0.476 e. The summed E-state index contributed by atoms with van der Waals surface area (Å²) in [6, 6.07) is 2.92. The van der Waals surface area contributed by atoms with Gasteiger partial charge in [-0.1, -0.05) is 0 Å². The van der Waals surface area contributed by atoms with Crippen molar-refractivity contribution in [1.82, 2.24) is 0 Å². The smallest absolute Gasteiger partial charge is 0.313 e. The van der Waals surface area contributed by atoms with E-state index in [0.717, 1.165) is 18.2 Å². The van der Waals surface area contributed by atoms with Crippen LogP contribution < -0.4 is 4.74 Å². The molecule has 1 rings (SSSR count). The third kappa shape index (κ3) is 2.75. The minimum Gasteiger partial charge on any atom is -0.476 e. The Hall–Kier alpha value is -1.98. The lowest BCUT2D eigenvalue weighted by Gasteiger charge is -2.11. The van der Waals surface area contributed by atoms with Gasteiger partial charge in [-0.25, -0.2) is 4.39 Å². The molecular formula is C10H10FNO4. The van der Waals surface area contributed by atoms with Crippen LogP contribution in [0.5, 0.6) is 5.75 Å². The molecule has 6 heteroatoms. The Morgan fingerprint density at radius 3 is 2.69 bits per heavy atom. The molecule has 0 spiro atoms. The van der Waals surface area contributed by atoms with Crippen LogP contribution in [0.15, 0.2) is 18.2 Å². The zero-order chi connectivity index (χ0) is 12.3. The Morgan fingerprint density at radius 2 is 2.19 bits per heavy atom. The van der Waals surface area contributed by atoms with Gasteiger partial charge >= 0.3 is 5.69 Å². The summed E-state index contributed by atoms with van der Waals surface area (Å²) in [5.74, 6) is -1.11. The topological polar surface area (TPSA) is 69.4 Å². The van der Waals surface area contributed by atoms with E-state index in [1.807, 2.05) is 0 Å². The van der Waals surface area contributed by atoms with Crippen LogP contribution in [0.2, 0.25) is 0 Å². The van der Waals surface area contributed by atoms with E-state index in [9.17, 15) is 19.3 Å². The summed E-state index contributed by atoms with van der Waals surface area (Å²) in [6.45, 7) is 2.77. The van der Waals surface area contributed by atoms with Gasteiger partial charge in [0.05, 0.1) is 11.0 Å². The fraction of sp³-hybridized carbons (Fsp3) is 0.300. The average molecular weight is 227 g/mol. The van der Waals surface area contributed by atoms with Crippen molar-refractivity contribution in [2.75, 3.05) is 0 Å². The minimum atomic E-state index is -0.802. The number of benzene rings is 1. The van der Waals surface area contributed by atoms with Crippen LogP contribution in [0.1, 0.15) is 13.8 Å². The molecule has 0 fully saturated rings. The molecule has 5 nitrogen and oxygen atoms in total. The summed E-state index contributed by atoms with van der Waals surface area (Å²) in [7, 11) is 0. The normalized spacial score (nSPS) is 11.9. The van der Waals surface area contributed by atoms with E-state index in [0.29, 0.717) is 0 Å². The Labute approximate surface area is 91.0 Å². The van der Waals surface area contributed by atoms with Crippen LogP contribution in [0.4, 0.5) is 10.1 Å². The molecule has 1 atom stereocenters. The molecule has 0 aromatic heterocycles. The SMILES string of the molecule is CC(=O)C(C)Oc1ccc(F)cc1[N+](=O)[O-]. The molecule has 0 N–H and O–H groups in total. The van der Waals surface area contributed by atoms with Gasteiger partial charge in [-0.05, 0) is 26.0 Å². The molecule has 0 radical (unpaired) electrons. The summed E-state index contributed by atoms with van der Waals surface area (Å²) >= 11 is 0. The molecule has 0 aliphatic heterocycles. The molecule has 86 valence electrons. The average Bonchev–Trinajstić information content (AvgIpc) is 2.20. The highest BCUT2D eigenvalue weighted by atomic mass is 19.1. The third-order valence-electron chi connectivity index (χ3n) is 1.99. The highest BCUT2D eigenvalue weighted by Gasteiger charge is 2.19. The van der Waals surface area contributed by atoms with E-state index in [1.54, 1.807) is 0 Å². The van der Waals surface area contributed by atoms with Gasteiger partial charge in [-0.3, -0.25) is 14.9 Å². The quantitative estimate of drug-likeness (QED) is 0.583. The van der Waals surface area contributed by atoms with Crippen LogP contribution in [0.3, 0.4) is 0 Å². The lowest BCUT2D eigenvalue weighted by atomic mass is 10.2. The lowest BCUT2D eigenvalue weighted by molar-refractivity contribution is -0.386. The van der Waals surface area contributed by atoms with Gasteiger partial charge < -0.3 is 4.74 Å². The van der Waals surface area contributed by atoms with Gasteiger partial charge in [0.15, 0.2) is 17.6 Å². The number of hydrogen-bond donors (Lipinski definition) is 0. The maximum atomic E-state index is 12.8. The number of halogens is 1. The number of Topliss-reactive ketones (excluding diaryl/α,β-unsaturated/α-hetero) is 1. The standard InChI is InChI=1S/C10H10FNO4/c1-6(13)7(2)16-10-4-3-8(11)5-9(10)12(14)15/h3-5,7H,1-2H3. The highest BCUT2D eigenvalue weighted by molar-refractivity contribution is 5.80. The van der Waals surface area contributed by atoms with Crippen molar-refractivity contribution < 1.29 is 18.8 Å². The van der Waals surface area contributed by atoms with Crippen LogP contribution in [-0.2, 0) is 4.79 Å². The van der Waals surface area contributed by atoms with Crippen molar-refractivity contribution in [3.05, 3.63) is 34.1 Å². The summed E-state index contributed by atoms with van der Waals surface area (Å²) < 4.78 is 17.8. The van der Waals surface area contributed by atoms with E-state index >= 15 is 0 Å². The second kappa shape index (κ2) is 4.69. The fourth-order valence-corrected chi connectivity index (χ4v) is 1.01. The second-order valence-corrected chi connectivity index (χ2v) is 3.24. The molecule has 0 amide bonds. The van der Waals surface area contributed by atoms with Gasteiger partial charge in [0.2, 0.25) is 0 Å². The molecule has 1 unspecified atom stereocenters. The number of nitrogens with zero attached hydrogens (tertiary/aromatic N) is 1. The first-order valence-corrected chi connectivity index (χ1v) is 4.53. The number of rotatable bonds is 4. The summed E-state index contributed by atoms with van der Waals surface area (Å²) in [5.41, 5.74) is -0.492. The van der Waals surface area contributed by atoms with Crippen molar-refractivity contribution in [2.24, 2.45) is 0 Å². The van der Waals surface area contributed by atoms with Gasteiger partial charge in [0.25, 0.3) is 0 Å². The number of carbonyl (C=O) groups excluding carboxylic acids is 1. The molecular weight excluding hydrogens is 217 g/mol. The third-order valence-corrected chi connectivity index (χ3v) is 1.99. The maximum Gasteiger partial charge on any atom is 0.313 e. The lowest BCUT2D eigenvalue weighted by Crippen LogP contribution is -2.21. The van der Waals surface area contributed by atoms with E-state index < -0.39 is 22.5 Å². The van der Waals surface area contributed by atoms with Crippen LogP contribution in [0, 0.1) is 15.9 Å². The fourth-order valence-electron chi connectivity index (χ4n) is 1.01. The molecule has 0 saturated heterocycles. The van der Waals surface area contributed by atoms with E-state index in [-0.39, 0.29) is 11.5 Å². The summed E-state index contributed by atoms with van der Waals surface area (Å²) in [4.78, 5) is 20.8. The Bertz CT molecular complexity index is 433. The van der Waals surface area contributed by atoms with Crippen LogP contribution >= 0.6 is 0 Å². The van der Waals surface area contributed by atoms with Crippen molar-refractivity contribution in [3.8, 4) is 5.75 Å². The zero-order valence-corrected chi connectivity index (χ0v) is 8.77. The highest BCUT2D eigenvalue weighted by Crippen LogP contribution is 2.28. The molecule has 1 aromatic carbocycles.